The lowest BCUT2D eigenvalue weighted by Gasteiger charge is -2.35. The zero-order chi connectivity index (χ0) is 9.97. The van der Waals surface area contributed by atoms with Gasteiger partial charge in [0.25, 0.3) is 0 Å². The molecule has 0 amide bonds. The molecule has 2 rings (SSSR count). The SMILES string of the molecule is OC1CC(CNC2CCCCC2O)C1. The summed E-state index contributed by atoms with van der Waals surface area (Å²) in [4.78, 5) is 0. The molecule has 0 bridgehead atoms. The molecule has 0 aromatic carbocycles. The predicted molar refractivity (Wildman–Crippen MR) is 55.0 cm³/mol. The number of hydrogen-bond acceptors (Lipinski definition) is 3. The van der Waals surface area contributed by atoms with Crippen molar-refractivity contribution in [3.05, 3.63) is 0 Å². The van der Waals surface area contributed by atoms with Crippen LogP contribution in [0.5, 0.6) is 0 Å². The first-order valence-electron chi connectivity index (χ1n) is 5.85. The van der Waals surface area contributed by atoms with Crippen molar-refractivity contribution < 1.29 is 10.2 Å². The van der Waals surface area contributed by atoms with Crippen LogP contribution in [0.15, 0.2) is 0 Å². The molecule has 14 heavy (non-hydrogen) atoms. The Kier molecular flexibility index (Phi) is 3.42. The van der Waals surface area contributed by atoms with Crippen LogP contribution in [0.1, 0.15) is 38.5 Å². The average Bonchev–Trinajstić information content (AvgIpc) is 2.13. The Morgan fingerprint density at radius 1 is 1.07 bits per heavy atom. The second-order valence-electron chi connectivity index (χ2n) is 4.86. The summed E-state index contributed by atoms with van der Waals surface area (Å²) in [6.07, 6.45) is 6.14. The van der Waals surface area contributed by atoms with Crippen molar-refractivity contribution in [1.29, 1.82) is 0 Å². The fourth-order valence-electron chi connectivity index (χ4n) is 2.53. The zero-order valence-corrected chi connectivity index (χ0v) is 8.65. The van der Waals surface area contributed by atoms with Gasteiger partial charge in [-0.15, -0.1) is 0 Å². The Bertz CT molecular complexity index is 180. The van der Waals surface area contributed by atoms with Gasteiger partial charge in [0.1, 0.15) is 0 Å². The van der Waals surface area contributed by atoms with Crippen LogP contribution in [0.2, 0.25) is 0 Å². The molecule has 0 aromatic rings. The Balaban J connectivity index is 1.64. The van der Waals surface area contributed by atoms with Crippen LogP contribution >= 0.6 is 0 Å². The van der Waals surface area contributed by atoms with Crippen molar-refractivity contribution in [2.24, 2.45) is 5.92 Å². The lowest BCUT2D eigenvalue weighted by atomic mass is 9.82. The number of aliphatic hydroxyl groups is 2. The fraction of sp³-hybridized carbons (Fsp3) is 1.00. The van der Waals surface area contributed by atoms with Gasteiger partial charge in [-0.25, -0.2) is 0 Å². The maximum Gasteiger partial charge on any atom is 0.0693 e. The van der Waals surface area contributed by atoms with Gasteiger partial charge in [-0.3, -0.25) is 0 Å². The lowest BCUT2D eigenvalue weighted by molar-refractivity contribution is 0.0339. The lowest BCUT2D eigenvalue weighted by Crippen LogP contribution is -2.46. The fourth-order valence-corrected chi connectivity index (χ4v) is 2.53. The molecule has 3 nitrogen and oxygen atoms in total. The minimum atomic E-state index is -0.145. The molecule has 3 heteroatoms. The summed E-state index contributed by atoms with van der Waals surface area (Å²) in [7, 11) is 0. The van der Waals surface area contributed by atoms with E-state index in [-0.39, 0.29) is 12.2 Å². The topological polar surface area (TPSA) is 52.5 Å². The highest BCUT2D eigenvalue weighted by atomic mass is 16.3. The Labute approximate surface area is 85.5 Å². The molecule has 0 aliphatic heterocycles. The summed E-state index contributed by atoms with van der Waals surface area (Å²) in [6.45, 7) is 0.971. The van der Waals surface area contributed by atoms with Gasteiger partial charge in [-0.2, -0.15) is 0 Å². The Morgan fingerprint density at radius 2 is 1.79 bits per heavy atom. The normalized spacial score (nSPS) is 43.3. The molecule has 2 atom stereocenters. The molecular formula is C11H21NO2. The summed E-state index contributed by atoms with van der Waals surface area (Å²) in [5.41, 5.74) is 0. The number of hydrogen-bond donors (Lipinski definition) is 3. The third-order valence-electron chi connectivity index (χ3n) is 3.61. The molecule has 0 radical (unpaired) electrons. The maximum atomic E-state index is 9.71. The molecule has 0 spiro atoms. The summed E-state index contributed by atoms with van der Waals surface area (Å²) in [6, 6.07) is 0.307. The standard InChI is InChI=1S/C11H21NO2/c13-9-5-8(6-9)7-12-10-3-1-2-4-11(10)14/h8-14H,1-7H2. The molecule has 2 fully saturated rings. The van der Waals surface area contributed by atoms with Gasteiger partial charge >= 0.3 is 0 Å². The van der Waals surface area contributed by atoms with Gasteiger partial charge in [0.15, 0.2) is 0 Å². The number of nitrogens with one attached hydrogen (secondary N) is 1. The van der Waals surface area contributed by atoms with E-state index in [0.717, 1.165) is 32.2 Å². The van der Waals surface area contributed by atoms with E-state index in [0.29, 0.717) is 12.0 Å². The second kappa shape index (κ2) is 4.60. The highest BCUT2D eigenvalue weighted by Gasteiger charge is 2.29. The molecule has 2 aliphatic carbocycles. The van der Waals surface area contributed by atoms with Crippen LogP contribution in [-0.4, -0.2) is 35.0 Å². The van der Waals surface area contributed by atoms with Crippen LogP contribution in [0.4, 0.5) is 0 Å². The molecule has 82 valence electrons. The van der Waals surface area contributed by atoms with E-state index in [4.69, 9.17) is 5.11 Å². The molecule has 2 unspecified atom stereocenters. The predicted octanol–water partition coefficient (Wildman–Crippen LogP) is 0.650. The van der Waals surface area contributed by atoms with Gasteiger partial charge < -0.3 is 15.5 Å². The Morgan fingerprint density at radius 3 is 2.43 bits per heavy atom. The van der Waals surface area contributed by atoms with E-state index in [2.05, 4.69) is 5.32 Å². The molecule has 0 saturated heterocycles. The van der Waals surface area contributed by atoms with Gasteiger partial charge in [-0.1, -0.05) is 12.8 Å². The van der Waals surface area contributed by atoms with Crippen molar-refractivity contribution >= 4 is 0 Å². The van der Waals surface area contributed by atoms with Crippen LogP contribution in [-0.2, 0) is 0 Å². The largest absolute Gasteiger partial charge is 0.393 e. The van der Waals surface area contributed by atoms with Gasteiger partial charge in [0, 0.05) is 6.04 Å². The van der Waals surface area contributed by atoms with Crippen molar-refractivity contribution in [3.63, 3.8) is 0 Å². The molecule has 0 aromatic heterocycles. The third-order valence-corrected chi connectivity index (χ3v) is 3.61. The smallest absolute Gasteiger partial charge is 0.0693 e. The summed E-state index contributed by atoms with van der Waals surface area (Å²) in [5.74, 6) is 0.638. The summed E-state index contributed by atoms with van der Waals surface area (Å²) in [5, 5.41) is 22.3. The minimum absolute atomic E-state index is 0.0573. The average molecular weight is 199 g/mol. The maximum absolute atomic E-state index is 9.71. The minimum Gasteiger partial charge on any atom is -0.393 e. The number of rotatable bonds is 3. The first-order chi connectivity index (χ1) is 6.75. The van der Waals surface area contributed by atoms with Crippen LogP contribution in [0.3, 0.4) is 0 Å². The van der Waals surface area contributed by atoms with E-state index in [1.165, 1.54) is 12.8 Å². The third kappa shape index (κ3) is 2.47. The van der Waals surface area contributed by atoms with E-state index in [9.17, 15) is 5.11 Å². The summed E-state index contributed by atoms with van der Waals surface area (Å²) >= 11 is 0. The van der Waals surface area contributed by atoms with Crippen molar-refractivity contribution in [2.75, 3.05) is 6.54 Å². The van der Waals surface area contributed by atoms with Crippen molar-refractivity contribution in [1.82, 2.24) is 5.32 Å². The molecule has 3 N–H and O–H groups in total. The first kappa shape index (κ1) is 10.4. The van der Waals surface area contributed by atoms with Gasteiger partial charge in [0.05, 0.1) is 12.2 Å². The van der Waals surface area contributed by atoms with Gasteiger partial charge in [-0.05, 0) is 38.1 Å². The van der Waals surface area contributed by atoms with Gasteiger partial charge in [0.2, 0.25) is 0 Å². The van der Waals surface area contributed by atoms with Crippen LogP contribution < -0.4 is 5.32 Å². The van der Waals surface area contributed by atoms with E-state index < -0.39 is 0 Å². The second-order valence-corrected chi connectivity index (χ2v) is 4.86. The van der Waals surface area contributed by atoms with E-state index in [1.54, 1.807) is 0 Å². The highest BCUT2D eigenvalue weighted by Crippen LogP contribution is 2.27. The van der Waals surface area contributed by atoms with Crippen molar-refractivity contribution in [2.45, 2.75) is 56.8 Å². The highest BCUT2D eigenvalue weighted by molar-refractivity contribution is 4.85. The molecule has 2 aliphatic rings. The molecular weight excluding hydrogens is 178 g/mol. The number of aliphatic hydroxyl groups excluding tert-OH is 2. The van der Waals surface area contributed by atoms with Crippen LogP contribution in [0, 0.1) is 5.92 Å². The van der Waals surface area contributed by atoms with E-state index >= 15 is 0 Å². The summed E-state index contributed by atoms with van der Waals surface area (Å²) < 4.78 is 0. The molecule has 0 heterocycles. The quantitative estimate of drug-likeness (QED) is 0.625. The first-order valence-corrected chi connectivity index (χ1v) is 5.85. The molecule has 2 saturated carbocycles. The monoisotopic (exact) mass is 199 g/mol. The Hall–Kier alpha value is -0.120. The van der Waals surface area contributed by atoms with Crippen molar-refractivity contribution in [3.8, 4) is 0 Å². The zero-order valence-electron chi connectivity index (χ0n) is 8.65. The van der Waals surface area contributed by atoms with E-state index in [1.807, 2.05) is 0 Å². The van der Waals surface area contributed by atoms with Crippen LogP contribution in [0.25, 0.3) is 0 Å².